The predicted octanol–water partition coefficient (Wildman–Crippen LogP) is 4.36. The zero-order chi connectivity index (χ0) is 22.6. The molecule has 0 amide bonds. The van der Waals surface area contributed by atoms with E-state index in [2.05, 4.69) is 67.1 Å². The molecule has 0 unspecified atom stereocenters. The van der Waals surface area contributed by atoms with E-state index in [4.69, 9.17) is 16.3 Å². The summed E-state index contributed by atoms with van der Waals surface area (Å²) < 4.78 is 7.50. The second kappa shape index (κ2) is 9.91. The lowest BCUT2D eigenvalue weighted by Gasteiger charge is -2.40. The highest BCUT2D eigenvalue weighted by Crippen LogP contribution is 2.33. The van der Waals surface area contributed by atoms with Crippen LogP contribution in [0.2, 0.25) is 5.02 Å². The Bertz CT molecular complexity index is 1170. The molecule has 0 saturated carbocycles. The highest BCUT2D eigenvalue weighted by Gasteiger charge is 2.31. The van der Waals surface area contributed by atoms with Gasteiger partial charge in [0.15, 0.2) is 5.82 Å². The maximum atomic E-state index is 6.19. The van der Waals surface area contributed by atoms with E-state index >= 15 is 0 Å². The molecule has 1 saturated heterocycles. The summed E-state index contributed by atoms with van der Waals surface area (Å²) in [6, 6.07) is 20.3. The summed E-state index contributed by atoms with van der Waals surface area (Å²) in [5.74, 6) is 1.75. The van der Waals surface area contributed by atoms with Gasteiger partial charge in [-0.3, -0.25) is 4.90 Å². The number of rotatable bonds is 7. The fraction of sp³-hybridized carbons (Fsp3) is 0.292. The van der Waals surface area contributed by atoms with Gasteiger partial charge in [0.05, 0.1) is 25.4 Å². The lowest BCUT2D eigenvalue weighted by molar-refractivity contribution is 0.201. The minimum atomic E-state index is -0.0583. The Labute approximate surface area is 202 Å². The normalized spacial score (nSPS) is 15.5. The van der Waals surface area contributed by atoms with Crippen LogP contribution < -0.4 is 9.64 Å². The molecule has 0 N–H and O–H groups in total. The average Bonchev–Trinajstić information content (AvgIpc) is 3.54. The summed E-state index contributed by atoms with van der Waals surface area (Å²) >= 11 is 7.90. The van der Waals surface area contributed by atoms with Crippen LogP contribution in [0.5, 0.6) is 5.75 Å². The first-order chi connectivity index (χ1) is 16.2. The molecule has 2 aromatic heterocycles. The smallest absolute Gasteiger partial charge is 0.173 e. The summed E-state index contributed by atoms with van der Waals surface area (Å²) in [7, 11) is 1.72. The van der Waals surface area contributed by atoms with Crippen LogP contribution in [-0.4, -0.2) is 58.4 Å². The van der Waals surface area contributed by atoms with Crippen LogP contribution in [0, 0.1) is 0 Å². The number of methoxy groups -OCH3 is 1. The van der Waals surface area contributed by atoms with Gasteiger partial charge in [-0.05, 0) is 51.7 Å². The fourth-order valence-electron chi connectivity index (χ4n) is 4.35. The molecule has 0 aliphatic carbocycles. The second-order valence-electron chi connectivity index (χ2n) is 7.92. The maximum absolute atomic E-state index is 6.19. The van der Waals surface area contributed by atoms with Gasteiger partial charge < -0.3 is 9.64 Å². The van der Waals surface area contributed by atoms with Crippen molar-refractivity contribution in [3.8, 4) is 5.75 Å². The van der Waals surface area contributed by atoms with Gasteiger partial charge in [-0.1, -0.05) is 41.9 Å². The first-order valence-electron chi connectivity index (χ1n) is 10.9. The van der Waals surface area contributed by atoms with Crippen molar-refractivity contribution in [2.45, 2.75) is 12.6 Å². The first-order valence-corrected chi connectivity index (χ1v) is 12.1. The van der Waals surface area contributed by atoms with Crippen LogP contribution in [0.4, 0.5) is 5.69 Å². The number of hydrogen-bond acceptors (Lipinski definition) is 7. The van der Waals surface area contributed by atoms with Gasteiger partial charge in [-0.2, -0.15) is 0 Å². The first kappa shape index (κ1) is 21.9. The molecular weight excluding hydrogens is 456 g/mol. The van der Waals surface area contributed by atoms with Gasteiger partial charge in [0.1, 0.15) is 5.75 Å². The van der Waals surface area contributed by atoms with Crippen molar-refractivity contribution in [3.63, 3.8) is 0 Å². The van der Waals surface area contributed by atoms with E-state index in [1.165, 1.54) is 4.88 Å². The zero-order valence-corrected chi connectivity index (χ0v) is 19.9. The number of piperazine rings is 1. The van der Waals surface area contributed by atoms with Crippen LogP contribution in [0.3, 0.4) is 0 Å². The van der Waals surface area contributed by atoms with Gasteiger partial charge >= 0.3 is 0 Å². The summed E-state index contributed by atoms with van der Waals surface area (Å²) in [4.78, 5) is 6.05. The molecule has 1 fully saturated rings. The topological polar surface area (TPSA) is 59.3 Å². The monoisotopic (exact) mass is 480 g/mol. The van der Waals surface area contributed by atoms with Gasteiger partial charge in [0, 0.05) is 36.1 Å². The molecule has 170 valence electrons. The van der Waals surface area contributed by atoms with Crippen LogP contribution in [0.1, 0.15) is 22.3 Å². The van der Waals surface area contributed by atoms with Gasteiger partial charge in [-0.15, -0.1) is 16.4 Å². The Morgan fingerprint density at radius 1 is 1.00 bits per heavy atom. The minimum absolute atomic E-state index is 0.0583. The third-order valence-electron chi connectivity index (χ3n) is 5.98. The van der Waals surface area contributed by atoms with E-state index < -0.39 is 0 Å². The van der Waals surface area contributed by atoms with E-state index in [0.29, 0.717) is 6.54 Å². The average molecular weight is 481 g/mol. The summed E-state index contributed by atoms with van der Waals surface area (Å²) in [5.41, 5.74) is 2.26. The van der Waals surface area contributed by atoms with Crippen molar-refractivity contribution in [2.75, 3.05) is 38.2 Å². The Morgan fingerprint density at radius 3 is 2.52 bits per heavy atom. The quantitative estimate of drug-likeness (QED) is 0.392. The maximum Gasteiger partial charge on any atom is 0.173 e. The molecule has 1 atom stereocenters. The number of nitrogens with zero attached hydrogens (tertiary/aromatic N) is 6. The molecule has 4 aromatic rings. The largest absolute Gasteiger partial charge is 0.495 e. The molecule has 3 heterocycles. The number of tetrazole rings is 1. The van der Waals surface area contributed by atoms with Crippen LogP contribution >= 0.6 is 22.9 Å². The molecule has 0 spiro atoms. The van der Waals surface area contributed by atoms with Crippen molar-refractivity contribution in [1.82, 2.24) is 25.1 Å². The number of ether oxygens (including phenoxy) is 1. The number of anilines is 1. The standard InChI is InChI=1S/C24H25ClN6OS/c1-32-22-7-3-2-6-21(22)29-12-14-30(15-13-29)23(18-8-10-19(25)11-9-18)24-26-27-28-31(24)17-20-5-4-16-33-20/h2-11,16,23H,12-15,17H2,1H3/t23-/m0/s1. The second-order valence-corrected chi connectivity index (χ2v) is 9.39. The van der Waals surface area contributed by atoms with E-state index in [9.17, 15) is 0 Å². The summed E-state index contributed by atoms with van der Waals surface area (Å²) in [6.07, 6.45) is 0. The number of halogens is 1. The zero-order valence-electron chi connectivity index (χ0n) is 18.3. The molecule has 1 aliphatic rings. The SMILES string of the molecule is COc1ccccc1N1CCN([C@@H](c2ccc(Cl)cc2)c2nnnn2Cc2cccs2)CC1. The number of para-hydroxylation sites is 2. The molecule has 0 radical (unpaired) electrons. The molecule has 2 aromatic carbocycles. The van der Waals surface area contributed by atoms with Crippen molar-refractivity contribution >= 4 is 28.6 Å². The highest BCUT2D eigenvalue weighted by molar-refractivity contribution is 7.09. The number of aromatic nitrogens is 4. The number of hydrogen-bond donors (Lipinski definition) is 0. The third-order valence-corrected chi connectivity index (χ3v) is 7.09. The molecule has 5 rings (SSSR count). The third kappa shape index (κ3) is 4.73. The fourth-order valence-corrected chi connectivity index (χ4v) is 5.16. The van der Waals surface area contributed by atoms with Gasteiger partial charge in [0.2, 0.25) is 0 Å². The van der Waals surface area contributed by atoms with Gasteiger partial charge in [0.25, 0.3) is 0 Å². The number of benzene rings is 2. The Hall–Kier alpha value is -2.94. The van der Waals surface area contributed by atoms with Crippen LogP contribution in [0.25, 0.3) is 0 Å². The molecule has 9 heteroatoms. The molecule has 33 heavy (non-hydrogen) atoms. The lowest BCUT2D eigenvalue weighted by Crippen LogP contribution is -2.48. The highest BCUT2D eigenvalue weighted by atomic mass is 35.5. The van der Waals surface area contributed by atoms with E-state index in [-0.39, 0.29) is 6.04 Å². The van der Waals surface area contributed by atoms with Crippen molar-refractivity contribution in [3.05, 3.63) is 87.3 Å². The summed E-state index contributed by atoms with van der Waals surface area (Å²) in [5, 5.41) is 15.6. The Morgan fingerprint density at radius 2 is 1.79 bits per heavy atom. The van der Waals surface area contributed by atoms with Crippen molar-refractivity contribution in [2.24, 2.45) is 0 Å². The van der Waals surface area contributed by atoms with Crippen molar-refractivity contribution < 1.29 is 4.74 Å². The van der Waals surface area contributed by atoms with Gasteiger partial charge in [-0.25, -0.2) is 4.68 Å². The van der Waals surface area contributed by atoms with E-state index in [1.54, 1.807) is 18.4 Å². The Balaban J connectivity index is 1.42. The van der Waals surface area contributed by atoms with Crippen LogP contribution in [-0.2, 0) is 6.54 Å². The molecular formula is C24H25ClN6OS. The predicted molar refractivity (Wildman–Crippen MR) is 131 cm³/mol. The van der Waals surface area contributed by atoms with Crippen molar-refractivity contribution in [1.29, 1.82) is 0 Å². The Kier molecular flexibility index (Phi) is 6.57. The molecule has 0 bridgehead atoms. The summed E-state index contributed by atoms with van der Waals surface area (Å²) in [6.45, 7) is 4.17. The number of thiophene rings is 1. The minimum Gasteiger partial charge on any atom is -0.495 e. The van der Waals surface area contributed by atoms with E-state index in [1.807, 2.05) is 28.9 Å². The van der Waals surface area contributed by atoms with Crippen LogP contribution in [0.15, 0.2) is 66.0 Å². The molecule has 7 nitrogen and oxygen atoms in total. The molecule has 1 aliphatic heterocycles. The lowest BCUT2D eigenvalue weighted by atomic mass is 10.0. The van der Waals surface area contributed by atoms with E-state index in [0.717, 1.165) is 54.0 Å².